The summed E-state index contributed by atoms with van der Waals surface area (Å²) in [5.41, 5.74) is 2.44. The van der Waals surface area contributed by atoms with Crippen LogP contribution in [0.5, 0.6) is 0 Å². The van der Waals surface area contributed by atoms with Gasteiger partial charge in [-0.15, -0.1) is 0 Å². The molecule has 0 saturated carbocycles. The van der Waals surface area contributed by atoms with Crippen LogP contribution < -0.4 is 16.2 Å². The van der Waals surface area contributed by atoms with Gasteiger partial charge in [0.1, 0.15) is 5.82 Å². The molecular formula is C19H25FN4O4. The molecule has 3 atom stereocenters. The second-order valence-electron chi connectivity index (χ2n) is 7.59. The van der Waals surface area contributed by atoms with Gasteiger partial charge in [-0.25, -0.2) is 15.0 Å². The summed E-state index contributed by atoms with van der Waals surface area (Å²) in [5.74, 6) is 3.81. The molecule has 0 bridgehead atoms. The molecule has 0 spiro atoms. The predicted molar refractivity (Wildman–Crippen MR) is 101 cm³/mol. The highest BCUT2D eigenvalue weighted by molar-refractivity contribution is 6.05. The number of carbonyl (C=O) groups is 3. The SMILES string of the molecule is CC([C@H]1CCN(C(=O)O)C[C@H]1C)N1CCC(=O)c2c(F)cc(C(=O)NN)cc21. The Morgan fingerprint density at radius 1 is 1.36 bits per heavy atom. The van der Waals surface area contributed by atoms with E-state index in [9.17, 15) is 23.9 Å². The molecule has 0 radical (unpaired) electrons. The van der Waals surface area contributed by atoms with Crippen LogP contribution in [0.2, 0.25) is 0 Å². The van der Waals surface area contributed by atoms with Crippen molar-refractivity contribution in [3.05, 3.63) is 29.1 Å². The summed E-state index contributed by atoms with van der Waals surface area (Å²) in [6.07, 6.45) is -0.0507. The van der Waals surface area contributed by atoms with E-state index in [2.05, 4.69) is 0 Å². The summed E-state index contributed by atoms with van der Waals surface area (Å²) < 4.78 is 14.6. The number of nitrogens with one attached hydrogen (secondary N) is 1. The zero-order chi connectivity index (χ0) is 20.6. The molecule has 0 aliphatic carbocycles. The van der Waals surface area contributed by atoms with Gasteiger partial charge in [0.2, 0.25) is 0 Å². The number of fused-ring (bicyclic) bond motifs is 1. The van der Waals surface area contributed by atoms with E-state index >= 15 is 0 Å². The average molecular weight is 392 g/mol. The predicted octanol–water partition coefficient (Wildman–Crippen LogP) is 1.85. The van der Waals surface area contributed by atoms with Gasteiger partial charge in [0, 0.05) is 37.7 Å². The molecule has 2 aliphatic rings. The number of Topliss-reactive ketones (excluding diaryl/α,β-unsaturated/α-hetero) is 1. The number of amides is 2. The first kappa shape index (κ1) is 20.1. The first-order valence-electron chi connectivity index (χ1n) is 9.36. The van der Waals surface area contributed by atoms with Crippen LogP contribution in [-0.2, 0) is 0 Å². The normalized spacial score (nSPS) is 23.2. The summed E-state index contributed by atoms with van der Waals surface area (Å²) in [6.45, 7) is 5.31. The average Bonchev–Trinajstić information content (AvgIpc) is 2.66. The molecule has 1 aromatic rings. The van der Waals surface area contributed by atoms with Crippen molar-refractivity contribution in [2.24, 2.45) is 17.7 Å². The van der Waals surface area contributed by atoms with Crippen LogP contribution in [0.4, 0.5) is 14.9 Å². The fourth-order valence-corrected chi connectivity index (χ4v) is 4.48. The van der Waals surface area contributed by atoms with Crippen molar-refractivity contribution in [3.8, 4) is 0 Å². The Labute approximate surface area is 162 Å². The second kappa shape index (κ2) is 7.75. The van der Waals surface area contributed by atoms with Crippen molar-refractivity contribution in [1.29, 1.82) is 0 Å². The molecular weight excluding hydrogens is 367 g/mol. The summed E-state index contributed by atoms with van der Waals surface area (Å²) in [7, 11) is 0. The van der Waals surface area contributed by atoms with E-state index in [-0.39, 0.29) is 41.2 Å². The second-order valence-corrected chi connectivity index (χ2v) is 7.59. The molecule has 152 valence electrons. The number of anilines is 1. The lowest BCUT2D eigenvalue weighted by Gasteiger charge is -2.45. The Kier molecular flexibility index (Phi) is 5.55. The number of nitrogen functional groups attached to an aromatic ring is 1. The largest absolute Gasteiger partial charge is 0.465 e. The molecule has 1 unspecified atom stereocenters. The van der Waals surface area contributed by atoms with Crippen LogP contribution in [0.15, 0.2) is 12.1 Å². The molecule has 1 fully saturated rings. The van der Waals surface area contributed by atoms with Crippen molar-refractivity contribution in [3.63, 3.8) is 0 Å². The molecule has 2 aliphatic heterocycles. The number of ketones is 1. The van der Waals surface area contributed by atoms with Gasteiger partial charge < -0.3 is 14.9 Å². The molecule has 4 N–H and O–H groups in total. The number of likely N-dealkylation sites (tertiary alicyclic amines) is 1. The number of rotatable bonds is 3. The smallest absolute Gasteiger partial charge is 0.407 e. The molecule has 0 aromatic heterocycles. The van der Waals surface area contributed by atoms with E-state index in [1.807, 2.05) is 24.2 Å². The standard InChI is InChI=1S/C19H25FN4O4/c1-10-9-23(19(27)28)5-3-13(10)11(2)24-6-4-16(25)17-14(20)7-12(8-15(17)24)18(26)22-21/h7-8,10-11,13H,3-6,9,21H2,1-2H3,(H,22,26)(H,27,28)/t10-,11?,13+/m1/s1. The van der Waals surface area contributed by atoms with Gasteiger partial charge in [-0.2, -0.15) is 0 Å². The van der Waals surface area contributed by atoms with Crippen molar-refractivity contribution in [2.45, 2.75) is 32.7 Å². The number of carbonyl (C=O) groups excluding carboxylic acids is 2. The fourth-order valence-electron chi connectivity index (χ4n) is 4.48. The number of hydrogen-bond donors (Lipinski definition) is 3. The molecule has 9 heteroatoms. The first-order valence-corrected chi connectivity index (χ1v) is 9.36. The number of halogens is 1. The van der Waals surface area contributed by atoms with Crippen LogP contribution >= 0.6 is 0 Å². The van der Waals surface area contributed by atoms with E-state index in [1.54, 1.807) is 0 Å². The topological polar surface area (TPSA) is 116 Å². The Morgan fingerprint density at radius 2 is 2.07 bits per heavy atom. The van der Waals surface area contributed by atoms with Crippen LogP contribution in [-0.4, -0.2) is 53.5 Å². The van der Waals surface area contributed by atoms with E-state index in [4.69, 9.17) is 5.84 Å². The van der Waals surface area contributed by atoms with Crippen molar-refractivity contribution in [2.75, 3.05) is 24.5 Å². The van der Waals surface area contributed by atoms with E-state index in [0.717, 1.165) is 6.07 Å². The van der Waals surface area contributed by atoms with Crippen LogP contribution in [0.3, 0.4) is 0 Å². The summed E-state index contributed by atoms with van der Waals surface area (Å²) in [6, 6.07) is 2.49. The van der Waals surface area contributed by atoms with E-state index in [0.29, 0.717) is 31.7 Å². The van der Waals surface area contributed by atoms with Crippen LogP contribution in [0.25, 0.3) is 0 Å². The zero-order valence-corrected chi connectivity index (χ0v) is 15.9. The minimum Gasteiger partial charge on any atom is -0.465 e. The van der Waals surface area contributed by atoms with Crippen molar-refractivity contribution >= 4 is 23.5 Å². The van der Waals surface area contributed by atoms with Crippen molar-refractivity contribution in [1.82, 2.24) is 10.3 Å². The number of nitrogens with two attached hydrogens (primary N) is 1. The Morgan fingerprint density at radius 3 is 2.68 bits per heavy atom. The number of nitrogens with zero attached hydrogens (tertiary/aromatic N) is 2. The molecule has 1 aromatic carbocycles. The van der Waals surface area contributed by atoms with Gasteiger partial charge in [-0.05, 0) is 37.3 Å². The molecule has 3 rings (SSSR count). The van der Waals surface area contributed by atoms with Crippen molar-refractivity contribution < 1.29 is 23.9 Å². The molecule has 2 heterocycles. The fraction of sp³-hybridized carbons (Fsp3) is 0.526. The number of benzene rings is 1. The highest BCUT2D eigenvalue weighted by Gasteiger charge is 2.37. The molecule has 1 saturated heterocycles. The Hall–Kier alpha value is -2.68. The first-order chi connectivity index (χ1) is 13.2. The molecule has 28 heavy (non-hydrogen) atoms. The van der Waals surface area contributed by atoms with Gasteiger partial charge >= 0.3 is 6.09 Å². The van der Waals surface area contributed by atoms with Gasteiger partial charge in [0.05, 0.1) is 11.3 Å². The third kappa shape index (κ3) is 3.54. The maximum Gasteiger partial charge on any atom is 0.407 e. The maximum atomic E-state index is 14.6. The molecule has 8 nitrogen and oxygen atoms in total. The minimum atomic E-state index is -0.925. The van der Waals surface area contributed by atoms with Gasteiger partial charge in [-0.1, -0.05) is 6.92 Å². The lowest BCUT2D eigenvalue weighted by molar-refractivity contribution is 0.0912. The summed E-state index contributed by atoms with van der Waals surface area (Å²) >= 11 is 0. The monoisotopic (exact) mass is 392 g/mol. The van der Waals surface area contributed by atoms with Crippen LogP contribution in [0, 0.1) is 17.7 Å². The molecule has 2 amide bonds. The maximum absolute atomic E-state index is 14.6. The number of carboxylic acid groups (broad SMARTS) is 1. The number of piperidine rings is 1. The Bertz CT molecular complexity index is 815. The van der Waals surface area contributed by atoms with Crippen LogP contribution in [0.1, 0.15) is 47.4 Å². The highest BCUT2D eigenvalue weighted by atomic mass is 19.1. The summed E-state index contributed by atoms with van der Waals surface area (Å²) in [5, 5.41) is 9.21. The van der Waals surface area contributed by atoms with Gasteiger partial charge in [0.15, 0.2) is 5.78 Å². The van der Waals surface area contributed by atoms with E-state index in [1.165, 1.54) is 11.0 Å². The summed E-state index contributed by atoms with van der Waals surface area (Å²) in [4.78, 5) is 38.8. The lowest BCUT2D eigenvalue weighted by atomic mass is 9.80. The van der Waals surface area contributed by atoms with Gasteiger partial charge in [0.25, 0.3) is 5.91 Å². The lowest BCUT2D eigenvalue weighted by Crippen LogP contribution is -2.51. The number of hydrogen-bond acceptors (Lipinski definition) is 5. The third-order valence-corrected chi connectivity index (χ3v) is 5.98. The quantitative estimate of drug-likeness (QED) is 0.411. The van der Waals surface area contributed by atoms with E-state index < -0.39 is 17.8 Å². The zero-order valence-electron chi connectivity index (χ0n) is 15.9. The Balaban J connectivity index is 1.93. The number of hydrazine groups is 1. The third-order valence-electron chi connectivity index (χ3n) is 5.98. The highest BCUT2D eigenvalue weighted by Crippen LogP contribution is 2.37. The minimum absolute atomic E-state index is 0.00213. The van der Waals surface area contributed by atoms with Gasteiger partial charge in [-0.3, -0.25) is 15.0 Å².